The molecule has 78 valence electrons. The highest BCUT2D eigenvalue weighted by atomic mass is 16.1. The third-order valence-electron chi connectivity index (χ3n) is 2.77. The molecule has 1 aliphatic heterocycles. The molecular formula is C12H13NO2. The van der Waals surface area contributed by atoms with Crippen LogP contribution in [0.4, 0.5) is 0 Å². The second-order valence-corrected chi connectivity index (χ2v) is 3.88. The van der Waals surface area contributed by atoms with Gasteiger partial charge >= 0.3 is 0 Å². The van der Waals surface area contributed by atoms with Crippen molar-refractivity contribution in [3.63, 3.8) is 0 Å². The van der Waals surface area contributed by atoms with E-state index in [4.69, 9.17) is 0 Å². The number of Topliss-reactive ketones (excluding diaryl/α,β-unsaturated/α-hetero) is 1. The van der Waals surface area contributed by atoms with E-state index in [-0.39, 0.29) is 17.6 Å². The molecule has 0 unspecified atom stereocenters. The quantitative estimate of drug-likeness (QED) is 0.740. The number of benzene rings is 1. The third-order valence-corrected chi connectivity index (χ3v) is 2.77. The number of carbonyl (C=O) groups is 2. The number of amides is 1. The minimum Gasteiger partial charge on any atom is -0.355 e. The first kappa shape index (κ1) is 9.90. The molecule has 1 fully saturated rings. The molecule has 0 bridgehead atoms. The number of hydrogen-bond donors (Lipinski definition) is 1. The van der Waals surface area contributed by atoms with Crippen molar-refractivity contribution in [3.8, 4) is 0 Å². The van der Waals surface area contributed by atoms with E-state index in [1.54, 1.807) is 6.92 Å². The maximum Gasteiger partial charge on any atom is 0.220 e. The maximum atomic E-state index is 11.1. The van der Waals surface area contributed by atoms with Gasteiger partial charge in [-0.05, 0) is 12.5 Å². The molecule has 3 heteroatoms. The van der Waals surface area contributed by atoms with Crippen molar-refractivity contribution in [2.75, 3.05) is 6.54 Å². The first-order chi connectivity index (χ1) is 7.16. The Balaban J connectivity index is 2.17. The Morgan fingerprint density at radius 3 is 2.47 bits per heavy atom. The molecule has 0 saturated carbocycles. The molecule has 0 aromatic heterocycles. The summed E-state index contributed by atoms with van der Waals surface area (Å²) in [6.07, 6.45) is 0.555. The molecule has 0 aliphatic carbocycles. The Labute approximate surface area is 88.5 Å². The van der Waals surface area contributed by atoms with Crippen LogP contribution < -0.4 is 5.32 Å². The molecule has 3 nitrogen and oxygen atoms in total. The second kappa shape index (κ2) is 3.85. The Morgan fingerprint density at radius 2 is 2.00 bits per heavy atom. The zero-order chi connectivity index (χ0) is 10.8. The van der Waals surface area contributed by atoms with Gasteiger partial charge in [-0.2, -0.15) is 0 Å². The van der Waals surface area contributed by atoms with E-state index in [1.165, 1.54) is 0 Å². The summed E-state index contributed by atoms with van der Waals surface area (Å²) in [6, 6.07) is 7.50. The summed E-state index contributed by atoms with van der Waals surface area (Å²) >= 11 is 0. The molecule has 1 aromatic rings. The van der Waals surface area contributed by atoms with Crippen molar-refractivity contribution in [2.45, 2.75) is 19.3 Å². The van der Waals surface area contributed by atoms with Crippen molar-refractivity contribution < 1.29 is 9.59 Å². The fourth-order valence-corrected chi connectivity index (χ4v) is 1.83. The first-order valence-corrected chi connectivity index (χ1v) is 5.04. The highest BCUT2D eigenvalue weighted by molar-refractivity contribution is 5.94. The van der Waals surface area contributed by atoms with E-state index in [0.717, 1.165) is 11.1 Å². The van der Waals surface area contributed by atoms with Crippen LogP contribution in [0.3, 0.4) is 0 Å². The SMILES string of the molecule is CC(=O)c1ccc([C@H]2CNC(=O)C2)cc1. The molecular weight excluding hydrogens is 190 g/mol. The van der Waals surface area contributed by atoms with Gasteiger partial charge in [0.15, 0.2) is 5.78 Å². The van der Waals surface area contributed by atoms with Crippen molar-refractivity contribution in [1.82, 2.24) is 5.32 Å². The molecule has 1 saturated heterocycles. The summed E-state index contributed by atoms with van der Waals surface area (Å²) in [5.74, 6) is 0.441. The van der Waals surface area contributed by atoms with E-state index in [2.05, 4.69) is 5.32 Å². The third kappa shape index (κ3) is 2.06. The number of hydrogen-bond acceptors (Lipinski definition) is 2. The molecule has 1 aliphatic rings. The summed E-state index contributed by atoms with van der Waals surface area (Å²) in [7, 11) is 0. The van der Waals surface area contributed by atoms with Gasteiger partial charge in [0.2, 0.25) is 5.91 Å². The van der Waals surface area contributed by atoms with Gasteiger partial charge in [-0.1, -0.05) is 24.3 Å². The molecule has 0 radical (unpaired) electrons. The average molecular weight is 203 g/mol. The van der Waals surface area contributed by atoms with Gasteiger partial charge in [0.1, 0.15) is 0 Å². The predicted octanol–water partition coefficient (Wildman–Crippen LogP) is 1.49. The smallest absolute Gasteiger partial charge is 0.220 e. The van der Waals surface area contributed by atoms with Crippen molar-refractivity contribution in [3.05, 3.63) is 35.4 Å². The molecule has 1 atom stereocenters. The monoisotopic (exact) mass is 203 g/mol. The lowest BCUT2D eigenvalue weighted by atomic mass is 9.97. The largest absolute Gasteiger partial charge is 0.355 e. The van der Waals surface area contributed by atoms with Crippen LogP contribution in [0.5, 0.6) is 0 Å². The minimum atomic E-state index is 0.0715. The van der Waals surface area contributed by atoms with Crippen LogP contribution in [0.2, 0.25) is 0 Å². The topological polar surface area (TPSA) is 46.2 Å². The van der Waals surface area contributed by atoms with Crippen molar-refractivity contribution in [2.24, 2.45) is 0 Å². The Hall–Kier alpha value is -1.64. The summed E-state index contributed by atoms with van der Waals surface area (Å²) in [6.45, 7) is 2.26. The molecule has 1 heterocycles. The number of carbonyl (C=O) groups excluding carboxylic acids is 2. The average Bonchev–Trinajstić information content (AvgIpc) is 2.65. The van der Waals surface area contributed by atoms with Gasteiger partial charge in [0.05, 0.1) is 0 Å². The van der Waals surface area contributed by atoms with E-state index in [1.807, 2.05) is 24.3 Å². The van der Waals surface area contributed by atoms with E-state index in [9.17, 15) is 9.59 Å². The highest BCUT2D eigenvalue weighted by Crippen LogP contribution is 2.23. The fraction of sp³-hybridized carbons (Fsp3) is 0.333. The van der Waals surface area contributed by atoms with Gasteiger partial charge in [-0.15, -0.1) is 0 Å². The van der Waals surface area contributed by atoms with Crippen LogP contribution in [0.1, 0.15) is 35.2 Å². The van der Waals surface area contributed by atoms with Crippen molar-refractivity contribution >= 4 is 11.7 Å². The molecule has 2 rings (SSSR count). The zero-order valence-corrected chi connectivity index (χ0v) is 8.62. The van der Waals surface area contributed by atoms with Crippen LogP contribution in [-0.4, -0.2) is 18.2 Å². The van der Waals surface area contributed by atoms with E-state index >= 15 is 0 Å². The summed E-state index contributed by atoms with van der Waals surface area (Å²) in [4.78, 5) is 22.1. The zero-order valence-electron chi connectivity index (χ0n) is 8.62. The van der Waals surface area contributed by atoms with Crippen LogP contribution >= 0.6 is 0 Å². The van der Waals surface area contributed by atoms with Gasteiger partial charge in [-0.3, -0.25) is 9.59 Å². The summed E-state index contributed by atoms with van der Waals surface area (Å²) < 4.78 is 0. The second-order valence-electron chi connectivity index (χ2n) is 3.88. The highest BCUT2D eigenvalue weighted by Gasteiger charge is 2.22. The fourth-order valence-electron chi connectivity index (χ4n) is 1.83. The van der Waals surface area contributed by atoms with Crippen LogP contribution in [0.25, 0.3) is 0 Å². The molecule has 15 heavy (non-hydrogen) atoms. The van der Waals surface area contributed by atoms with E-state index in [0.29, 0.717) is 13.0 Å². The van der Waals surface area contributed by atoms with Crippen LogP contribution in [-0.2, 0) is 4.79 Å². The maximum absolute atomic E-state index is 11.1. The Kier molecular flexibility index (Phi) is 2.54. The Bertz CT molecular complexity index is 395. The number of nitrogens with one attached hydrogen (secondary N) is 1. The lowest BCUT2D eigenvalue weighted by molar-refractivity contribution is -0.119. The first-order valence-electron chi connectivity index (χ1n) is 5.04. The number of ketones is 1. The normalized spacial score (nSPS) is 20.1. The standard InChI is InChI=1S/C12H13NO2/c1-8(14)9-2-4-10(5-3-9)11-6-12(15)13-7-11/h2-5,11H,6-7H2,1H3,(H,13,15)/t11-/m1/s1. The van der Waals surface area contributed by atoms with Gasteiger partial charge in [0.25, 0.3) is 0 Å². The number of rotatable bonds is 2. The van der Waals surface area contributed by atoms with Crippen LogP contribution in [0.15, 0.2) is 24.3 Å². The van der Waals surface area contributed by atoms with Gasteiger partial charge in [0, 0.05) is 24.4 Å². The van der Waals surface area contributed by atoms with Gasteiger partial charge < -0.3 is 5.32 Å². The lowest BCUT2D eigenvalue weighted by Gasteiger charge is -2.07. The molecule has 1 amide bonds. The predicted molar refractivity (Wildman–Crippen MR) is 56.8 cm³/mol. The summed E-state index contributed by atoms with van der Waals surface area (Å²) in [5, 5.41) is 2.80. The minimum absolute atomic E-state index is 0.0715. The Morgan fingerprint density at radius 1 is 1.33 bits per heavy atom. The van der Waals surface area contributed by atoms with Gasteiger partial charge in [-0.25, -0.2) is 0 Å². The van der Waals surface area contributed by atoms with E-state index < -0.39 is 0 Å². The van der Waals surface area contributed by atoms with Crippen molar-refractivity contribution in [1.29, 1.82) is 0 Å². The van der Waals surface area contributed by atoms with Crippen LogP contribution in [0, 0.1) is 0 Å². The molecule has 1 N–H and O–H groups in total. The molecule has 1 aromatic carbocycles. The lowest BCUT2D eigenvalue weighted by Crippen LogP contribution is -2.13. The molecule has 0 spiro atoms. The summed E-state index contributed by atoms with van der Waals surface area (Å²) in [5.41, 5.74) is 1.84.